The first-order chi connectivity index (χ1) is 15.7. The molecular weight excluding hydrogens is 392 g/mol. The second-order valence-corrected chi connectivity index (χ2v) is 10.5. The number of aliphatic hydroxyl groups is 2. The predicted octanol–water partition coefficient (Wildman–Crippen LogP) is 9.89. The van der Waals surface area contributed by atoms with Gasteiger partial charge in [0.2, 0.25) is 0 Å². The van der Waals surface area contributed by atoms with Gasteiger partial charge in [-0.2, -0.15) is 0 Å². The van der Waals surface area contributed by atoms with Crippen LogP contribution in [0.1, 0.15) is 181 Å². The summed E-state index contributed by atoms with van der Waals surface area (Å²) in [6.07, 6.45) is 33.0. The lowest BCUT2D eigenvalue weighted by atomic mass is 10.00. The third-order valence-electron chi connectivity index (χ3n) is 7.08. The van der Waals surface area contributed by atoms with E-state index in [2.05, 4.69) is 13.8 Å². The van der Waals surface area contributed by atoms with Crippen LogP contribution >= 0.6 is 0 Å². The highest BCUT2D eigenvalue weighted by molar-refractivity contribution is 4.64. The average molecular weight is 455 g/mol. The SMILES string of the molecule is CCCCCCCCCCCCCCCCCCCCC[C@@H](O)C[C@@H](O)CCCCCC. The molecule has 2 heteroatoms. The van der Waals surface area contributed by atoms with E-state index in [1.807, 2.05) is 0 Å². The molecule has 32 heavy (non-hydrogen) atoms. The third kappa shape index (κ3) is 26.2. The van der Waals surface area contributed by atoms with Crippen LogP contribution in [0.5, 0.6) is 0 Å². The van der Waals surface area contributed by atoms with Gasteiger partial charge in [-0.25, -0.2) is 0 Å². The number of aliphatic hydroxyl groups excluding tert-OH is 2. The van der Waals surface area contributed by atoms with Gasteiger partial charge in [0.25, 0.3) is 0 Å². The zero-order chi connectivity index (χ0) is 23.5. The molecular formula is C30H62O2. The molecule has 0 aliphatic heterocycles. The molecule has 0 unspecified atom stereocenters. The third-order valence-corrected chi connectivity index (χ3v) is 7.08. The van der Waals surface area contributed by atoms with Gasteiger partial charge in [-0.05, 0) is 19.3 Å². The Balaban J connectivity index is 3.18. The van der Waals surface area contributed by atoms with Crippen LogP contribution < -0.4 is 0 Å². The summed E-state index contributed by atoms with van der Waals surface area (Å²) in [6, 6.07) is 0. The molecule has 0 rings (SSSR count). The van der Waals surface area contributed by atoms with Gasteiger partial charge in [0.1, 0.15) is 0 Å². The predicted molar refractivity (Wildman–Crippen MR) is 143 cm³/mol. The van der Waals surface area contributed by atoms with Crippen LogP contribution in [0.4, 0.5) is 0 Å². The molecule has 0 aromatic rings. The van der Waals surface area contributed by atoms with Crippen molar-refractivity contribution in [2.75, 3.05) is 0 Å². The van der Waals surface area contributed by atoms with Crippen molar-refractivity contribution in [2.45, 2.75) is 193 Å². The van der Waals surface area contributed by atoms with E-state index in [4.69, 9.17) is 0 Å². The van der Waals surface area contributed by atoms with E-state index in [0.29, 0.717) is 6.42 Å². The molecule has 0 heterocycles. The van der Waals surface area contributed by atoms with Gasteiger partial charge < -0.3 is 10.2 Å². The second kappa shape index (κ2) is 27.2. The van der Waals surface area contributed by atoms with Crippen molar-refractivity contribution in [1.82, 2.24) is 0 Å². The Kier molecular flexibility index (Phi) is 27.1. The molecule has 0 amide bonds. The van der Waals surface area contributed by atoms with Crippen LogP contribution in [0, 0.1) is 0 Å². The number of hydrogen-bond donors (Lipinski definition) is 2. The Bertz CT molecular complexity index is 331. The van der Waals surface area contributed by atoms with Crippen LogP contribution in [-0.4, -0.2) is 22.4 Å². The fraction of sp³-hybridized carbons (Fsp3) is 1.00. The van der Waals surface area contributed by atoms with Crippen molar-refractivity contribution < 1.29 is 10.2 Å². The summed E-state index contributed by atoms with van der Waals surface area (Å²) >= 11 is 0. The average Bonchev–Trinajstić information content (AvgIpc) is 2.78. The molecule has 0 aliphatic carbocycles. The summed E-state index contributed by atoms with van der Waals surface area (Å²) in [7, 11) is 0. The minimum Gasteiger partial charge on any atom is -0.393 e. The van der Waals surface area contributed by atoms with E-state index in [1.54, 1.807) is 0 Å². The summed E-state index contributed by atoms with van der Waals surface area (Å²) < 4.78 is 0. The first kappa shape index (κ1) is 31.9. The number of hydrogen-bond acceptors (Lipinski definition) is 2. The number of unbranched alkanes of at least 4 members (excludes halogenated alkanes) is 21. The highest BCUT2D eigenvalue weighted by Crippen LogP contribution is 2.16. The Hall–Kier alpha value is -0.0800. The van der Waals surface area contributed by atoms with E-state index < -0.39 is 0 Å². The summed E-state index contributed by atoms with van der Waals surface area (Å²) in [5, 5.41) is 20.1. The van der Waals surface area contributed by atoms with E-state index in [1.165, 1.54) is 135 Å². The first-order valence-corrected chi connectivity index (χ1v) is 15.1. The fourth-order valence-corrected chi connectivity index (χ4v) is 4.81. The molecule has 2 atom stereocenters. The highest BCUT2D eigenvalue weighted by Gasteiger charge is 2.11. The maximum Gasteiger partial charge on any atom is 0.0564 e. The molecule has 0 saturated carbocycles. The molecule has 0 aromatic heterocycles. The summed E-state index contributed by atoms with van der Waals surface area (Å²) in [5.74, 6) is 0. The lowest BCUT2D eigenvalue weighted by Gasteiger charge is -2.15. The maximum absolute atomic E-state index is 10.1. The Morgan fingerprint density at radius 1 is 0.344 bits per heavy atom. The van der Waals surface area contributed by atoms with Crippen molar-refractivity contribution in [3.05, 3.63) is 0 Å². The van der Waals surface area contributed by atoms with Gasteiger partial charge in [-0.1, -0.05) is 162 Å². The quantitative estimate of drug-likeness (QED) is 0.121. The topological polar surface area (TPSA) is 40.5 Å². The van der Waals surface area contributed by atoms with Crippen molar-refractivity contribution in [1.29, 1.82) is 0 Å². The van der Waals surface area contributed by atoms with Crippen LogP contribution in [0.3, 0.4) is 0 Å². The van der Waals surface area contributed by atoms with Crippen molar-refractivity contribution in [2.24, 2.45) is 0 Å². The minimum absolute atomic E-state index is 0.304. The second-order valence-electron chi connectivity index (χ2n) is 10.5. The van der Waals surface area contributed by atoms with Gasteiger partial charge in [0, 0.05) is 0 Å². The fourth-order valence-electron chi connectivity index (χ4n) is 4.81. The molecule has 0 aromatic carbocycles. The summed E-state index contributed by atoms with van der Waals surface area (Å²) in [5.41, 5.74) is 0. The maximum atomic E-state index is 10.1. The number of rotatable bonds is 27. The Morgan fingerprint density at radius 3 is 0.844 bits per heavy atom. The van der Waals surface area contributed by atoms with E-state index in [-0.39, 0.29) is 12.2 Å². The molecule has 0 fully saturated rings. The molecule has 0 radical (unpaired) electrons. The lowest BCUT2D eigenvalue weighted by Crippen LogP contribution is -2.17. The van der Waals surface area contributed by atoms with Gasteiger partial charge in [-0.15, -0.1) is 0 Å². The van der Waals surface area contributed by atoms with Gasteiger partial charge in [-0.3, -0.25) is 0 Å². The van der Waals surface area contributed by atoms with E-state index >= 15 is 0 Å². The smallest absolute Gasteiger partial charge is 0.0564 e. The normalized spacial score (nSPS) is 13.5. The molecule has 2 nitrogen and oxygen atoms in total. The Labute approximate surface area is 203 Å². The monoisotopic (exact) mass is 454 g/mol. The van der Waals surface area contributed by atoms with Gasteiger partial charge in [0.15, 0.2) is 0 Å². The Morgan fingerprint density at radius 2 is 0.562 bits per heavy atom. The van der Waals surface area contributed by atoms with Crippen LogP contribution in [-0.2, 0) is 0 Å². The largest absolute Gasteiger partial charge is 0.393 e. The molecule has 0 spiro atoms. The van der Waals surface area contributed by atoms with Crippen LogP contribution in [0.15, 0.2) is 0 Å². The molecule has 194 valence electrons. The van der Waals surface area contributed by atoms with Crippen LogP contribution in [0.2, 0.25) is 0 Å². The van der Waals surface area contributed by atoms with Gasteiger partial charge in [0.05, 0.1) is 12.2 Å². The summed E-state index contributed by atoms with van der Waals surface area (Å²) in [6.45, 7) is 4.50. The zero-order valence-corrected chi connectivity index (χ0v) is 22.4. The standard InChI is InChI=1S/C30H62O2/c1-3-5-7-9-10-11-12-13-14-15-16-17-18-19-20-21-22-23-25-27-30(32)28-29(31)26-24-8-6-4-2/h29-32H,3-28H2,1-2H3/t29-,30+/m0/s1. The molecule has 2 N–H and O–H groups in total. The molecule has 0 bridgehead atoms. The van der Waals surface area contributed by atoms with E-state index in [9.17, 15) is 10.2 Å². The van der Waals surface area contributed by atoms with E-state index in [0.717, 1.165) is 25.7 Å². The highest BCUT2D eigenvalue weighted by atomic mass is 16.3. The lowest BCUT2D eigenvalue weighted by molar-refractivity contribution is 0.0680. The van der Waals surface area contributed by atoms with Gasteiger partial charge >= 0.3 is 0 Å². The van der Waals surface area contributed by atoms with Crippen LogP contribution in [0.25, 0.3) is 0 Å². The van der Waals surface area contributed by atoms with Crippen molar-refractivity contribution in [3.8, 4) is 0 Å². The molecule has 0 saturated heterocycles. The zero-order valence-electron chi connectivity index (χ0n) is 22.4. The molecule has 0 aliphatic rings. The first-order valence-electron chi connectivity index (χ1n) is 15.1. The van der Waals surface area contributed by atoms with Crippen molar-refractivity contribution >= 4 is 0 Å². The summed E-state index contributed by atoms with van der Waals surface area (Å²) in [4.78, 5) is 0. The van der Waals surface area contributed by atoms with Crippen molar-refractivity contribution in [3.63, 3.8) is 0 Å². The minimum atomic E-state index is -0.304.